The molecule has 0 saturated heterocycles. The van der Waals surface area contributed by atoms with E-state index in [1.165, 1.54) is 0 Å². The van der Waals surface area contributed by atoms with E-state index in [1.807, 2.05) is 13.8 Å². The number of halogens is 3. The molecule has 0 fully saturated rings. The Kier molecular flexibility index (Phi) is 3.76. The van der Waals surface area contributed by atoms with E-state index in [9.17, 15) is 13.2 Å². The highest BCUT2D eigenvalue weighted by Crippen LogP contribution is 2.35. The van der Waals surface area contributed by atoms with Crippen molar-refractivity contribution >= 4 is 5.84 Å². The minimum atomic E-state index is -4.65. The molecule has 7 heteroatoms. The monoisotopic (exact) mass is 296 g/mol. The number of nitrogens with two attached hydrogens (primary N) is 1. The van der Waals surface area contributed by atoms with Crippen LogP contribution in [0, 0.1) is 5.41 Å². The minimum absolute atomic E-state index is 0.0345. The predicted molar refractivity (Wildman–Crippen MR) is 73.7 cm³/mol. The normalized spacial score (nSPS) is 11.9. The molecule has 0 aliphatic heterocycles. The Balaban J connectivity index is 2.74. The summed E-state index contributed by atoms with van der Waals surface area (Å²) in [7, 11) is 0. The molecule has 0 amide bonds. The second kappa shape index (κ2) is 5.23. The van der Waals surface area contributed by atoms with Crippen LogP contribution in [0.25, 0.3) is 5.69 Å². The molecule has 21 heavy (non-hydrogen) atoms. The third-order valence-electron chi connectivity index (χ3n) is 3.11. The van der Waals surface area contributed by atoms with E-state index in [-0.39, 0.29) is 5.92 Å². The van der Waals surface area contributed by atoms with Gasteiger partial charge in [-0.05, 0) is 17.5 Å². The highest BCUT2D eigenvalue weighted by molar-refractivity contribution is 5.96. The third-order valence-corrected chi connectivity index (χ3v) is 3.11. The lowest BCUT2D eigenvalue weighted by Gasteiger charge is -2.17. The lowest BCUT2D eigenvalue weighted by atomic mass is 10.0. The van der Waals surface area contributed by atoms with Gasteiger partial charge in [0.2, 0.25) is 0 Å². The van der Waals surface area contributed by atoms with E-state index in [1.54, 1.807) is 24.3 Å². The van der Waals surface area contributed by atoms with Gasteiger partial charge in [0.25, 0.3) is 0 Å². The zero-order chi connectivity index (χ0) is 15.8. The number of nitrogens with zero attached hydrogens (tertiary/aromatic N) is 2. The molecule has 0 atom stereocenters. The molecule has 0 saturated carbocycles. The average molecular weight is 296 g/mol. The van der Waals surface area contributed by atoms with Crippen LogP contribution in [-0.2, 0) is 6.18 Å². The van der Waals surface area contributed by atoms with Crippen molar-refractivity contribution in [3.8, 4) is 5.69 Å². The van der Waals surface area contributed by atoms with Gasteiger partial charge in [0, 0.05) is 0 Å². The van der Waals surface area contributed by atoms with Crippen LogP contribution in [0.2, 0.25) is 0 Å². The summed E-state index contributed by atoms with van der Waals surface area (Å²) in [5.74, 6) is -0.622. The van der Waals surface area contributed by atoms with E-state index in [0.29, 0.717) is 5.69 Å². The third kappa shape index (κ3) is 2.76. The SMILES string of the molecule is CC(C)c1ccccc1-n1ncc(C(=N)N)c1C(F)(F)F. The number of aromatic nitrogens is 2. The molecule has 112 valence electrons. The molecule has 4 nitrogen and oxygen atoms in total. The van der Waals surface area contributed by atoms with E-state index >= 15 is 0 Å². The molecule has 0 aliphatic rings. The summed E-state index contributed by atoms with van der Waals surface area (Å²) in [6, 6.07) is 6.74. The second-order valence-electron chi connectivity index (χ2n) is 4.94. The van der Waals surface area contributed by atoms with Gasteiger partial charge in [0.1, 0.15) is 5.84 Å². The first-order valence-electron chi connectivity index (χ1n) is 6.32. The molecule has 2 rings (SSSR count). The van der Waals surface area contributed by atoms with Crippen molar-refractivity contribution in [1.29, 1.82) is 5.41 Å². The molecule has 0 unspecified atom stereocenters. The minimum Gasteiger partial charge on any atom is -0.384 e. The van der Waals surface area contributed by atoms with E-state index in [2.05, 4.69) is 5.10 Å². The van der Waals surface area contributed by atoms with Crippen LogP contribution in [0.15, 0.2) is 30.5 Å². The topological polar surface area (TPSA) is 67.7 Å². The molecule has 0 bridgehead atoms. The van der Waals surface area contributed by atoms with Crippen LogP contribution in [0.4, 0.5) is 13.2 Å². The summed E-state index contributed by atoms with van der Waals surface area (Å²) in [6.45, 7) is 3.78. The molecular weight excluding hydrogens is 281 g/mol. The van der Waals surface area contributed by atoms with Crippen LogP contribution in [0.3, 0.4) is 0 Å². The zero-order valence-electron chi connectivity index (χ0n) is 11.6. The highest BCUT2D eigenvalue weighted by Gasteiger charge is 2.39. The van der Waals surface area contributed by atoms with E-state index in [4.69, 9.17) is 11.1 Å². The molecule has 0 radical (unpaired) electrons. The first-order chi connectivity index (χ1) is 9.73. The smallest absolute Gasteiger partial charge is 0.384 e. The fraction of sp³-hybridized carbons (Fsp3) is 0.286. The predicted octanol–water partition coefficient (Wildman–Crippen LogP) is 3.30. The van der Waals surface area contributed by atoms with Crippen LogP contribution in [0.5, 0.6) is 0 Å². The van der Waals surface area contributed by atoms with Crippen molar-refractivity contribution in [2.24, 2.45) is 5.73 Å². The standard InChI is InChI=1S/C14H15F3N4/c1-8(2)9-5-3-4-6-11(9)21-12(14(15,16)17)10(7-20-21)13(18)19/h3-8H,1-2H3,(H3,18,19). The highest BCUT2D eigenvalue weighted by atomic mass is 19.4. The Hall–Kier alpha value is -2.31. The number of nitrogen functional groups attached to an aromatic ring is 1. The van der Waals surface area contributed by atoms with Gasteiger partial charge < -0.3 is 5.73 Å². The van der Waals surface area contributed by atoms with Gasteiger partial charge >= 0.3 is 6.18 Å². The van der Waals surface area contributed by atoms with Crippen LogP contribution < -0.4 is 5.73 Å². The number of amidine groups is 1. The number of alkyl halides is 3. The van der Waals surface area contributed by atoms with Gasteiger partial charge in [0.15, 0.2) is 5.69 Å². The van der Waals surface area contributed by atoms with Gasteiger partial charge in [-0.3, -0.25) is 5.41 Å². The van der Waals surface area contributed by atoms with Crippen molar-refractivity contribution in [2.45, 2.75) is 25.9 Å². The maximum atomic E-state index is 13.3. The summed E-state index contributed by atoms with van der Waals surface area (Å²) in [5.41, 5.74) is 4.87. The Morgan fingerprint density at radius 2 is 1.90 bits per heavy atom. The summed E-state index contributed by atoms with van der Waals surface area (Å²) < 4.78 is 40.7. The van der Waals surface area contributed by atoms with Gasteiger partial charge in [0.05, 0.1) is 17.4 Å². The number of benzene rings is 1. The quantitative estimate of drug-likeness (QED) is 0.674. The molecule has 2 aromatic rings. The van der Waals surface area contributed by atoms with Gasteiger partial charge in [-0.1, -0.05) is 32.0 Å². The van der Waals surface area contributed by atoms with Crippen molar-refractivity contribution in [1.82, 2.24) is 9.78 Å². The van der Waals surface area contributed by atoms with Crippen LogP contribution in [0.1, 0.15) is 36.6 Å². The van der Waals surface area contributed by atoms with Crippen LogP contribution in [-0.4, -0.2) is 15.6 Å². The number of hydrogen-bond acceptors (Lipinski definition) is 2. The van der Waals surface area contributed by atoms with Gasteiger partial charge in [-0.25, -0.2) is 4.68 Å². The number of rotatable bonds is 3. The molecule has 0 spiro atoms. The number of nitrogens with one attached hydrogen (secondary N) is 1. The van der Waals surface area contributed by atoms with Crippen molar-refractivity contribution in [3.63, 3.8) is 0 Å². The lowest BCUT2D eigenvalue weighted by Crippen LogP contribution is -2.21. The summed E-state index contributed by atoms with van der Waals surface area (Å²) >= 11 is 0. The van der Waals surface area contributed by atoms with Crippen molar-refractivity contribution in [2.75, 3.05) is 0 Å². The van der Waals surface area contributed by atoms with Crippen molar-refractivity contribution < 1.29 is 13.2 Å². The number of hydrogen-bond donors (Lipinski definition) is 2. The fourth-order valence-electron chi connectivity index (χ4n) is 2.17. The second-order valence-corrected chi connectivity index (χ2v) is 4.94. The Morgan fingerprint density at radius 1 is 1.29 bits per heavy atom. The average Bonchev–Trinajstić information content (AvgIpc) is 2.83. The summed E-state index contributed by atoms with van der Waals surface area (Å²) in [5, 5.41) is 11.1. The van der Waals surface area contributed by atoms with Gasteiger partial charge in [-0.2, -0.15) is 18.3 Å². The first kappa shape index (κ1) is 15.1. The summed E-state index contributed by atoms with van der Waals surface area (Å²) in [6.07, 6.45) is -3.68. The zero-order valence-corrected chi connectivity index (χ0v) is 11.6. The maximum absolute atomic E-state index is 13.3. The van der Waals surface area contributed by atoms with Crippen LogP contribution >= 0.6 is 0 Å². The molecule has 0 aliphatic carbocycles. The molecular formula is C14H15F3N4. The first-order valence-corrected chi connectivity index (χ1v) is 6.32. The van der Waals surface area contributed by atoms with E-state index < -0.39 is 23.3 Å². The molecule has 1 heterocycles. The Bertz CT molecular complexity index is 671. The summed E-state index contributed by atoms with van der Waals surface area (Å²) in [4.78, 5) is 0. The Morgan fingerprint density at radius 3 is 2.43 bits per heavy atom. The largest absolute Gasteiger partial charge is 0.434 e. The maximum Gasteiger partial charge on any atom is 0.434 e. The fourth-order valence-corrected chi connectivity index (χ4v) is 2.17. The number of para-hydroxylation sites is 1. The molecule has 1 aromatic carbocycles. The van der Waals surface area contributed by atoms with E-state index in [0.717, 1.165) is 16.4 Å². The Labute approximate surface area is 119 Å². The lowest BCUT2D eigenvalue weighted by molar-refractivity contribution is -0.142. The van der Waals surface area contributed by atoms with Gasteiger partial charge in [-0.15, -0.1) is 0 Å². The molecule has 1 aromatic heterocycles. The van der Waals surface area contributed by atoms with Crippen molar-refractivity contribution in [3.05, 3.63) is 47.3 Å². The molecule has 3 N–H and O–H groups in total.